The van der Waals surface area contributed by atoms with Gasteiger partial charge >= 0.3 is 12.1 Å². The van der Waals surface area contributed by atoms with Crippen LogP contribution in [-0.2, 0) is 4.74 Å². The molecule has 3 aromatic rings. The summed E-state index contributed by atoms with van der Waals surface area (Å²) in [5.74, 6) is -1.24. The average Bonchev–Trinajstić information content (AvgIpc) is 3.15. The number of aliphatic hydroxyl groups excluding tert-OH is 2. The van der Waals surface area contributed by atoms with Crippen molar-refractivity contribution in [3.8, 4) is 11.1 Å². The molecule has 4 N–H and O–H groups in total. The highest BCUT2D eigenvalue weighted by Crippen LogP contribution is 2.44. The maximum Gasteiger partial charge on any atom is 0.407 e. The van der Waals surface area contributed by atoms with Crippen LogP contribution in [0, 0.1) is 6.92 Å². The monoisotopic (exact) mass is 461 g/mol. The molecule has 3 aromatic carbocycles. The first-order valence-corrected chi connectivity index (χ1v) is 11.2. The second kappa shape index (κ2) is 10.1. The zero-order chi connectivity index (χ0) is 24.2. The molecule has 7 nitrogen and oxygen atoms in total. The molecule has 0 saturated carbocycles. The quantitative estimate of drug-likeness (QED) is 0.403. The van der Waals surface area contributed by atoms with Crippen LogP contribution < -0.4 is 5.32 Å². The Labute approximate surface area is 197 Å². The zero-order valence-corrected chi connectivity index (χ0v) is 18.8. The Hall–Kier alpha value is -3.68. The van der Waals surface area contributed by atoms with E-state index in [9.17, 15) is 24.9 Å². The summed E-state index contributed by atoms with van der Waals surface area (Å²) in [6, 6.07) is 20.7. The fourth-order valence-electron chi connectivity index (χ4n) is 4.46. The van der Waals surface area contributed by atoms with Crippen LogP contribution in [0.3, 0.4) is 0 Å². The number of ether oxygens (including phenoxy) is 1. The van der Waals surface area contributed by atoms with Gasteiger partial charge in [-0.2, -0.15) is 0 Å². The van der Waals surface area contributed by atoms with E-state index in [0.717, 1.165) is 27.8 Å². The Morgan fingerprint density at radius 3 is 2.21 bits per heavy atom. The zero-order valence-electron chi connectivity index (χ0n) is 18.8. The normalized spacial score (nSPS) is 14.1. The third kappa shape index (κ3) is 4.81. The highest BCUT2D eigenvalue weighted by molar-refractivity contribution is 5.89. The van der Waals surface area contributed by atoms with E-state index in [-0.39, 0.29) is 36.6 Å². The molecule has 1 amide bonds. The summed E-state index contributed by atoms with van der Waals surface area (Å²) in [5.41, 5.74) is 5.35. The van der Waals surface area contributed by atoms with Gasteiger partial charge in [0, 0.05) is 12.5 Å². The number of nitrogens with one attached hydrogen (secondary N) is 1. The topological polar surface area (TPSA) is 116 Å². The van der Waals surface area contributed by atoms with Gasteiger partial charge in [0.2, 0.25) is 0 Å². The van der Waals surface area contributed by atoms with Crippen molar-refractivity contribution in [3.63, 3.8) is 0 Å². The van der Waals surface area contributed by atoms with Gasteiger partial charge in [-0.15, -0.1) is 0 Å². The van der Waals surface area contributed by atoms with Crippen LogP contribution in [0.5, 0.6) is 0 Å². The predicted molar refractivity (Wildman–Crippen MR) is 127 cm³/mol. The predicted octanol–water partition coefficient (Wildman–Crippen LogP) is 4.02. The van der Waals surface area contributed by atoms with Crippen molar-refractivity contribution < 1.29 is 29.6 Å². The highest BCUT2D eigenvalue weighted by atomic mass is 16.5. The van der Waals surface area contributed by atoms with Crippen molar-refractivity contribution >= 4 is 12.1 Å². The molecule has 1 aliphatic rings. The van der Waals surface area contributed by atoms with Crippen molar-refractivity contribution in [2.45, 2.75) is 31.5 Å². The van der Waals surface area contributed by atoms with Gasteiger partial charge in [0.1, 0.15) is 12.7 Å². The number of rotatable bonds is 8. The lowest BCUT2D eigenvalue weighted by Crippen LogP contribution is -2.31. The molecule has 2 atom stereocenters. The van der Waals surface area contributed by atoms with Crippen LogP contribution in [-0.4, -0.2) is 46.6 Å². The standard InChI is InChI=1S/C27H27NO6/c1-16-10-11-21(26(31)32)22(14-16)25(30)24(29)12-13-28-27(33)34-15-23-19-8-4-2-6-17(19)18-7-3-5-9-20(18)23/h2-11,14,23-25,29-30H,12-13,15H2,1H3,(H,28,33)(H,31,32). The number of fused-ring (bicyclic) bond motifs is 3. The number of carbonyl (C=O) groups is 2. The van der Waals surface area contributed by atoms with Crippen molar-refractivity contribution in [3.05, 3.63) is 94.5 Å². The minimum absolute atomic E-state index is 0.0262. The highest BCUT2D eigenvalue weighted by Gasteiger charge is 2.29. The summed E-state index contributed by atoms with van der Waals surface area (Å²) in [7, 11) is 0. The number of hydrogen-bond acceptors (Lipinski definition) is 5. The molecule has 0 fully saturated rings. The number of benzene rings is 3. The fraction of sp³-hybridized carbons (Fsp3) is 0.259. The number of carboxylic acids is 1. The van der Waals surface area contributed by atoms with E-state index in [4.69, 9.17) is 4.74 Å². The summed E-state index contributed by atoms with van der Waals surface area (Å²) < 4.78 is 5.46. The molecule has 7 heteroatoms. The molecule has 2 unspecified atom stereocenters. The lowest BCUT2D eigenvalue weighted by Gasteiger charge is -2.20. The first-order chi connectivity index (χ1) is 16.4. The molecule has 0 saturated heterocycles. The van der Waals surface area contributed by atoms with Gasteiger partial charge < -0.3 is 25.4 Å². The number of aryl methyl sites for hydroxylation is 1. The minimum Gasteiger partial charge on any atom is -0.478 e. The van der Waals surface area contributed by atoms with Crippen molar-refractivity contribution in [1.29, 1.82) is 0 Å². The number of amides is 1. The first-order valence-electron chi connectivity index (χ1n) is 11.2. The van der Waals surface area contributed by atoms with Gasteiger partial charge in [0.05, 0.1) is 11.7 Å². The number of carboxylic acid groups (broad SMARTS) is 1. The maximum absolute atomic E-state index is 12.3. The number of alkyl carbamates (subject to hydrolysis) is 1. The van der Waals surface area contributed by atoms with E-state index in [2.05, 4.69) is 17.4 Å². The Morgan fingerprint density at radius 2 is 1.59 bits per heavy atom. The third-order valence-electron chi connectivity index (χ3n) is 6.17. The molecule has 4 rings (SSSR count). The molecule has 176 valence electrons. The van der Waals surface area contributed by atoms with Crippen molar-refractivity contribution in [2.24, 2.45) is 0 Å². The van der Waals surface area contributed by atoms with Crippen LogP contribution in [0.2, 0.25) is 0 Å². The molecule has 0 bridgehead atoms. The summed E-state index contributed by atoms with van der Waals surface area (Å²) in [4.78, 5) is 23.7. The van der Waals surface area contributed by atoms with E-state index in [0.29, 0.717) is 0 Å². The molecule has 0 radical (unpaired) electrons. The Kier molecular flexibility index (Phi) is 6.95. The van der Waals surface area contributed by atoms with Crippen LogP contribution in [0.4, 0.5) is 4.79 Å². The molecular weight excluding hydrogens is 434 g/mol. The lowest BCUT2D eigenvalue weighted by atomic mass is 9.95. The Morgan fingerprint density at radius 1 is 0.971 bits per heavy atom. The molecule has 34 heavy (non-hydrogen) atoms. The van der Waals surface area contributed by atoms with Gasteiger partial charge in [-0.05, 0) is 47.2 Å². The molecule has 0 heterocycles. The first kappa shape index (κ1) is 23.5. The van der Waals surface area contributed by atoms with Gasteiger partial charge in [-0.1, -0.05) is 66.2 Å². The van der Waals surface area contributed by atoms with Gasteiger partial charge in [0.15, 0.2) is 0 Å². The van der Waals surface area contributed by atoms with E-state index < -0.39 is 24.3 Å². The summed E-state index contributed by atoms with van der Waals surface area (Å²) >= 11 is 0. The van der Waals surface area contributed by atoms with E-state index in [1.165, 1.54) is 12.1 Å². The van der Waals surface area contributed by atoms with Crippen LogP contribution in [0.25, 0.3) is 11.1 Å². The van der Waals surface area contributed by atoms with Crippen molar-refractivity contribution in [2.75, 3.05) is 13.2 Å². The maximum atomic E-state index is 12.3. The van der Waals surface area contributed by atoms with Gasteiger partial charge in [-0.25, -0.2) is 9.59 Å². The number of carbonyl (C=O) groups excluding carboxylic acids is 1. The SMILES string of the molecule is Cc1ccc(C(=O)O)c(C(O)C(O)CCNC(=O)OCC2c3ccccc3-c3ccccc32)c1. The minimum atomic E-state index is -1.39. The molecule has 0 spiro atoms. The smallest absolute Gasteiger partial charge is 0.407 e. The Bertz CT molecular complexity index is 1160. The van der Waals surface area contributed by atoms with E-state index in [1.807, 2.05) is 36.4 Å². The molecule has 0 aliphatic heterocycles. The third-order valence-corrected chi connectivity index (χ3v) is 6.17. The summed E-state index contributed by atoms with van der Waals surface area (Å²) in [6.45, 7) is 2.01. The average molecular weight is 462 g/mol. The van der Waals surface area contributed by atoms with Crippen LogP contribution >= 0.6 is 0 Å². The van der Waals surface area contributed by atoms with Crippen LogP contribution in [0.15, 0.2) is 66.7 Å². The van der Waals surface area contributed by atoms with Gasteiger partial charge in [-0.3, -0.25) is 0 Å². The summed E-state index contributed by atoms with van der Waals surface area (Å²) in [5, 5.41) is 32.8. The van der Waals surface area contributed by atoms with Crippen molar-refractivity contribution in [1.82, 2.24) is 5.32 Å². The second-order valence-electron chi connectivity index (χ2n) is 8.45. The summed E-state index contributed by atoms with van der Waals surface area (Å²) in [6.07, 6.45) is -3.24. The fourth-order valence-corrected chi connectivity index (χ4v) is 4.46. The number of aliphatic hydroxyl groups is 2. The van der Waals surface area contributed by atoms with E-state index in [1.54, 1.807) is 13.0 Å². The number of hydrogen-bond donors (Lipinski definition) is 4. The largest absolute Gasteiger partial charge is 0.478 e. The van der Waals surface area contributed by atoms with Gasteiger partial charge in [0.25, 0.3) is 0 Å². The number of aromatic carboxylic acids is 1. The Balaban J connectivity index is 1.31. The molecular formula is C27H27NO6. The lowest BCUT2D eigenvalue weighted by molar-refractivity contribution is 0.0127. The second-order valence-corrected chi connectivity index (χ2v) is 8.45. The van der Waals surface area contributed by atoms with Crippen LogP contribution in [0.1, 0.15) is 51.1 Å². The molecule has 1 aliphatic carbocycles. The molecule has 0 aromatic heterocycles. The van der Waals surface area contributed by atoms with E-state index >= 15 is 0 Å².